The lowest BCUT2D eigenvalue weighted by Crippen LogP contribution is -2.10. The van der Waals surface area contributed by atoms with Gasteiger partial charge in [0.15, 0.2) is 0 Å². The maximum Gasteiger partial charge on any atom is 0.124 e. The van der Waals surface area contributed by atoms with Crippen molar-refractivity contribution in [2.45, 2.75) is 19.4 Å². The second-order valence-corrected chi connectivity index (χ2v) is 4.37. The molecule has 0 aliphatic rings. The molecule has 1 atom stereocenters. The highest BCUT2D eigenvalue weighted by atomic mass is 16.5. The Labute approximate surface area is 107 Å². The van der Waals surface area contributed by atoms with Crippen LogP contribution in [0.1, 0.15) is 24.2 Å². The summed E-state index contributed by atoms with van der Waals surface area (Å²) in [5, 5.41) is 4.13. The summed E-state index contributed by atoms with van der Waals surface area (Å²) in [5.74, 6) is 0.870. The van der Waals surface area contributed by atoms with Crippen LogP contribution >= 0.6 is 0 Å². The first kappa shape index (κ1) is 12.6. The third-order valence-corrected chi connectivity index (χ3v) is 2.95. The fourth-order valence-electron chi connectivity index (χ4n) is 1.90. The molecule has 4 nitrogen and oxygen atoms in total. The normalized spacial score (nSPS) is 12.4. The van der Waals surface area contributed by atoms with Gasteiger partial charge in [-0.05, 0) is 19.1 Å². The zero-order valence-electron chi connectivity index (χ0n) is 10.8. The quantitative estimate of drug-likeness (QED) is 0.877. The summed E-state index contributed by atoms with van der Waals surface area (Å²) in [6, 6.07) is 9.89. The summed E-state index contributed by atoms with van der Waals surface area (Å²) in [7, 11) is 1.94. The molecule has 0 radical (unpaired) electrons. The van der Waals surface area contributed by atoms with Gasteiger partial charge in [0.25, 0.3) is 0 Å². The Kier molecular flexibility index (Phi) is 3.99. The summed E-state index contributed by atoms with van der Waals surface area (Å²) < 4.78 is 7.67. The Morgan fingerprint density at radius 1 is 1.33 bits per heavy atom. The number of aromatic nitrogens is 2. The van der Waals surface area contributed by atoms with Crippen LogP contribution in [-0.4, -0.2) is 16.4 Å². The molecule has 96 valence electrons. The average molecular weight is 245 g/mol. The summed E-state index contributed by atoms with van der Waals surface area (Å²) in [6.45, 7) is 2.59. The lowest BCUT2D eigenvalue weighted by atomic mass is 10.1. The maximum absolute atomic E-state index is 5.91. The van der Waals surface area contributed by atoms with Crippen LogP contribution in [0.15, 0.2) is 36.5 Å². The number of hydrogen-bond donors (Lipinski definition) is 1. The van der Waals surface area contributed by atoms with E-state index in [-0.39, 0.29) is 6.04 Å². The molecule has 0 unspecified atom stereocenters. The molecule has 1 aromatic heterocycles. The van der Waals surface area contributed by atoms with Crippen LogP contribution in [0.4, 0.5) is 0 Å². The summed E-state index contributed by atoms with van der Waals surface area (Å²) in [6.07, 6.45) is 2.63. The van der Waals surface area contributed by atoms with Gasteiger partial charge in [-0.25, -0.2) is 0 Å². The van der Waals surface area contributed by atoms with Crippen molar-refractivity contribution < 1.29 is 4.74 Å². The fourth-order valence-corrected chi connectivity index (χ4v) is 1.90. The number of hydrogen-bond acceptors (Lipinski definition) is 3. The standard InChI is InChI=1S/C14H19N3O/c1-11(15)13-5-3-4-6-14(13)18-10-8-12-7-9-16-17(12)2/h3-7,9,11H,8,10,15H2,1-2H3/t11-/m1/s1. The van der Waals surface area contributed by atoms with Crippen molar-refractivity contribution in [3.05, 3.63) is 47.8 Å². The fraction of sp³-hybridized carbons (Fsp3) is 0.357. The lowest BCUT2D eigenvalue weighted by molar-refractivity contribution is 0.313. The predicted molar refractivity (Wildman–Crippen MR) is 71.5 cm³/mol. The van der Waals surface area contributed by atoms with Crippen LogP contribution in [0.2, 0.25) is 0 Å². The van der Waals surface area contributed by atoms with E-state index in [0.717, 1.165) is 23.4 Å². The number of nitrogens with two attached hydrogens (primary N) is 1. The van der Waals surface area contributed by atoms with E-state index >= 15 is 0 Å². The van der Waals surface area contributed by atoms with Crippen LogP contribution in [0.3, 0.4) is 0 Å². The van der Waals surface area contributed by atoms with Crippen molar-refractivity contribution in [1.29, 1.82) is 0 Å². The second kappa shape index (κ2) is 5.69. The lowest BCUT2D eigenvalue weighted by Gasteiger charge is -2.13. The van der Waals surface area contributed by atoms with Gasteiger partial charge in [0, 0.05) is 37.0 Å². The van der Waals surface area contributed by atoms with E-state index in [0.29, 0.717) is 6.61 Å². The molecule has 0 saturated heterocycles. The van der Waals surface area contributed by atoms with Gasteiger partial charge in [-0.3, -0.25) is 4.68 Å². The van der Waals surface area contributed by atoms with Crippen LogP contribution in [0.25, 0.3) is 0 Å². The van der Waals surface area contributed by atoms with E-state index in [1.54, 1.807) is 6.20 Å². The molecule has 0 fully saturated rings. The smallest absolute Gasteiger partial charge is 0.124 e. The molecule has 2 rings (SSSR count). The number of para-hydroxylation sites is 1. The number of aryl methyl sites for hydroxylation is 1. The first-order valence-corrected chi connectivity index (χ1v) is 6.12. The Balaban J connectivity index is 1.96. The molecule has 0 amide bonds. The Bertz CT molecular complexity index is 505. The zero-order chi connectivity index (χ0) is 13.0. The second-order valence-electron chi connectivity index (χ2n) is 4.37. The topological polar surface area (TPSA) is 53.1 Å². The molecule has 0 aliphatic carbocycles. The van der Waals surface area contributed by atoms with Gasteiger partial charge in [0.05, 0.1) is 6.61 Å². The van der Waals surface area contributed by atoms with Gasteiger partial charge in [-0.2, -0.15) is 5.10 Å². The van der Waals surface area contributed by atoms with E-state index in [4.69, 9.17) is 10.5 Å². The number of rotatable bonds is 5. The molecule has 0 bridgehead atoms. The van der Waals surface area contributed by atoms with Crippen LogP contribution in [-0.2, 0) is 13.5 Å². The summed E-state index contributed by atoms with van der Waals surface area (Å²) >= 11 is 0. The molecule has 1 aromatic carbocycles. The monoisotopic (exact) mass is 245 g/mol. The van der Waals surface area contributed by atoms with E-state index < -0.39 is 0 Å². The van der Waals surface area contributed by atoms with Crippen molar-refractivity contribution in [3.8, 4) is 5.75 Å². The van der Waals surface area contributed by atoms with Crippen molar-refractivity contribution in [2.75, 3.05) is 6.61 Å². The first-order valence-electron chi connectivity index (χ1n) is 6.12. The Hall–Kier alpha value is -1.81. The minimum Gasteiger partial charge on any atom is -0.493 e. The third-order valence-electron chi connectivity index (χ3n) is 2.95. The minimum absolute atomic E-state index is 0.0158. The van der Waals surface area contributed by atoms with E-state index in [1.807, 2.05) is 49.0 Å². The maximum atomic E-state index is 5.91. The van der Waals surface area contributed by atoms with E-state index in [1.165, 1.54) is 0 Å². The highest BCUT2D eigenvalue weighted by molar-refractivity contribution is 5.35. The van der Waals surface area contributed by atoms with Gasteiger partial charge in [0.1, 0.15) is 5.75 Å². The molecule has 0 aliphatic heterocycles. The predicted octanol–water partition coefficient (Wildman–Crippen LogP) is 2.06. The van der Waals surface area contributed by atoms with Gasteiger partial charge < -0.3 is 10.5 Å². The molecule has 0 spiro atoms. The molecular weight excluding hydrogens is 226 g/mol. The van der Waals surface area contributed by atoms with Crippen molar-refractivity contribution >= 4 is 0 Å². The Morgan fingerprint density at radius 3 is 2.78 bits per heavy atom. The average Bonchev–Trinajstić information content (AvgIpc) is 2.76. The third kappa shape index (κ3) is 2.90. The van der Waals surface area contributed by atoms with Gasteiger partial charge in [-0.15, -0.1) is 0 Å². The van der Waals surface area contributed by atoms with Crippen molar-refractivity contribution in [2.24, 2.45) is 12.8 Å². The molecule has 2 N–H and O–H groups in total. The molecule has 1 heterocycles. The van der Waals surface area contributed by atoms with E-state index in [2.05, 4.69) is 5.10 Å². The summed E-state index contributed by atoms with van der Waals surface area (Å²) in [4.78, 5) is 0. The van der Waals surface area contributed by atoms with Crippen LogP contribution < -0.4 is 10.5 Å². The Morgan fingerprint density at radius 2 is 2.11 bits per heavy atom. The molecule has 4 heteroatoms. The molecule has 2 aromatic rings. The van der Waals surface area contributed by atoms with E-state index in [9.17, 15) is 0 Å². The number of nitrogens with zero attached hydrogens (tertiary/aromatic N) is 2. The highest BCUT2D eigenvalue weighted by Crippen LogP contribution is 2.23. The molecule has 0 saturated carbocycles. The SMILES string of the molecule is C[C@@H](N)c1ccccc1OCCc1ccnn1C. The highest BCUT2D eigenvalue weighted by Gasteiger charge is 2.07. The largest absolute Gasteiger partial charge is 0.493 e. The van der Waals surface area contributed by atoms with Gasteiger partial charge in [-0.1, -0.05) is 18.2 Å². The summed E-state index contributed by atoms with van der Waals surface area (Å²) in [5.41, 5.74) is 8.12. The molecule has 18 heavy (non-hydrogen) atoms. The van der Waals surface area contributed by atoms with Crippen molar-refractivity contribution in [3.63, 3.8) is 0 Å². The van der Waals surface area contributed by atoms with Crippen molar-refractivity contribution in [1.82, 2.24) is 9.78 Å². The minimum atomic E-state index is -0.0158. The number of ether oxygens (including phenoxy) is 1. The number of benzene rings is 1. The first-order chi connectivity index (χ1) is 8.68. The van der Waals surface area contributed by atoms with Crippen LogP contribution in [0.5, 0.6) is 5.75 Å². The zero-order valence-corrected chi connectivity index (χ0v) is 10.8. The molecular formula is C14H19N3O. The van der Waals surface area contributed by atoms with Gasteiger partial charge >= 0.3 is 0 Å². The van der Waals surface area contributed by atoms with Gasteiger partial charge in [0.2, 0.25) is 0 Å². The van der Waals surface area contributed by atoms with Crippen LogP contribution in [0, 0.1) is 0 Å².